The third kappa shape index (κ3) is 2.26. The van der Waals surface area contributed by atoms with Crippen molar-refractivity contribution < 1.29 is 8.78 Å². The Kier molecular flexibility index (Phi) is 3.38. The lowest BCUT2D eigenvalue weighted by atomic mass is 10.1. The van der Waals surface area contributed by atoms with Crippen molar-refractivity contribution in [3.05, 3.63) is 57.6 Å². The van der Waals surface area contributed by atoms with Crippen LogP contribution >= 0.6 is 15.9 Å². The minimum Gasteiger partial charge on any atom is -0.399 e. The summed E-state index contributed by atoms with van der Waals surface area (Å²) in [6.45, 7) is 0.942. The van der Waals surface area contributed by atoms with E-state index >= 15 is 0 Å². The Morgan fingerprint density at radius 3 is 2.80 bits per heavy atom. The van der Waals surface area contributed by atoms with E-state index in [9.17, 15) is 8.78 Å². The molecule has 1 aliphatic heterocycles. The van der Waals surface area contributed by atoms with E-state index in [1.54, 1.807) is 0 Å². The molecule has 0 atom stereocenters. The Bertz CT molecular complexity index is 673. The van der Waals surface area contributed by atoms with E-state index in [2.05, 4.69) is 15.9 Å². The molecule has 0 radical (unpaired) electrons. The zero-order valence-corrected chi connectivity index (χ0v) is 12.3. The third-order valence-electron chi connectivity index (χ3n) is 3.59. The molecule has 104 valence electrons. The van der Waals surface area contributed by atoms with Crippen molar-refractivity contribution >= 4 is 27.3 Å². The average molecular weight is 339 g/mol. The van der Waals surface area contributed by atoms with Crippen molar-refractivity contribution in [2.75, 3.05) is 17.2 Å². The quantitative estimate of drug-likeness (QED) is 0.665. The zero-order chi connectivity index (χ0) is 14.3. The van der Waals surface area contributed by atoms with E-state index in [1.807, 2.05) is 23.1 Å². The van der Waals surface area contributed by atoms with Gasteiger partial charge in [0.1, 0.15) is 11.6 Å². The van der Waals surface area contributed by atoms with Crippen molar-refractivity contribution in [3.8, 4) is 0 Å². The standard InChI is InChI=1S/C15H13BrF2N2/c16-12-3-4-13(17)11(15(12)18)8-20-6-5-9-1-2-10(19)7-14(9)20/h1-4,7H,5-6,8,19H2. The molecule has 0 aromatic heterocycles. The fraction of sp³-hybridized carbons (Fsp3) is 0.200. The van der Waals surface area contributed by atoms with Crippen LogP contribution in [0, 0.1) is 11.6 Å². The number of hydrogen-bond donors (Lipinski definition) is 1. The first-order valence-corrected chi connectivity index (χ1v) is 7.11. The van der Waals surface area contributed by atoms with Gasteiger partial charge in [-0.05, 0) is 52.2 Å². The van der Waals surface area contributed by atoms with E-state index in [1.165, 1.54) is 12.1 Å². The SMILES string of the molecule is Nc1ccc2c(c1)N(Cc1c(F)ccc(Br)c1F)CC2. The molecular weight excluding hydrogens is 326 g/mol. The highest BCUT2D eigenvalue weighted by molar-refractivity contribution is 9.10. The Morgan fingerprint density at radius 1 is 1.20 bits per heavy atom. The molecule has 2 N–H and O–H groups in total. The normalized spacial score (nSPS) is 13.7. The fourth-order valence-corrected chi connectivity index (χ4v) is 2.90. The Hall–Kier alpha value is -1.62. The summed E-state index contributed by atoms with van der Waals surface area (Å²) in [6.07, 6.45) is 0.868. The van der Waals surface area contributed by atoms with Gasteiger partial charge in [0.15, 0.2) is 0 Å². The van der Waals surface area contributed by atoms with Gasteiger partial charge >= 0.3 is 0 Å². The van der Waals surface area contributed by atoms with Crippen LogP contribution in [0.5, 0.6) is 0 Å². The summed E-state index contributed by atoms with van der Waals surface area (Å²) in [4.78, 5) is 1.96. The van der Waals surface area contributed by atoms with Crippen LogP contribution in [0.25, 0.3) is 0 Å². The molecule has 0 bridgehead atoms. The highest BCUT2D eigenvalue weighted by Crippen LogP contribution is 2.32. The zero-order valence-electron chi connectivity index (χ0n) is 10.7. The van der Waals surface area contributed by atoms with Gasteiger partial charge in [-0.3, -0.25) is 0 Å². The molecule has 3 rings (SSSR count). The number of nitrogens with two attached hydrogens (primary N) is 1. The maximum Gasteiger partial charge on any atom is 0.145 e. The van der Waals surface area contributed by atoms with Crippen molar-refractivity contribution in [1.29, 1.82) is 0 Å². The lowest BCUT2D eigenvalue weighted by Gasteiger charge is -2.20. The molecule has 5 heteroatoms. The summed E-state index contributed by atoms with van der Waals surface area (Å²) in [5.41, 5.74) is 8.65. The van der Waals surface area contributed by atoms with Gasteiger partial charge in [-0.15, -0.1) is 0 Å². The van der Waals surface area contributed by atoms with Crippen molar-refractivity contribution in [1.82, 2.24) is 0 Å². The maximum atomic E-state index is 14.0. The van der Waals surface area contributed by atoms with E-state index in [-0.39, 0.29) is 16.6 Å². The summed E-state index contributed by atoms with van der Waals surface area (Å²) in [5, 5.41) is 0. The van der Waals surface area contributed by atoms with E-state index < -0.39 is 11.6 Å². The van der Waals surface area contributed by atoms with Crippen LogP contribution in [0.2, 0.25) is 0 Å². The molecule has 2 nitrogen and oxygen atoms in total. The molecule has 0 spiro atoms. The molecule has 0 fully saturated rings. The second-order valence-corrected chi connectivity index (χ2v) is 5.74. The van der Waals surface area contributed by atoms with E-state index in [0.717, 1.165) is 24.2 Å². The molecule has 0 amide bonds. The Balaban J connectivity index is 1.95. The molecule has 1 heterocycles. The van der Waals surface area contributed by atoms with Crippen LogP contribution in [0.15, 0.2) is 34.8 Å². The van der Waals surface area contributed by atoms with Gasteiger partial charge in [-0.1, -0.05) is 6.07 Å². The van der Waals surface area contributed by atoms with Crippen LogP contribution in [-0.4, -0.2) is 6.54 Å². The van der Waals surface area contributed by atoms with E-state index in [4.69, 9.17) is 5.73 Å². The van der Waals surface area contributed by atoms with Gasteiger partial charge in [0.05, 0.1) is 4.47 Å². The number of nitrogens with zero attached hydrogens (tertiary/aromatic N) is 1. The molecule has 20 heavy (non-hydrogen) atoms. The number of hydrogen-bond acceptors (Lipinski definition) is 2. The molecule has 0 aliphatic carbocycles. The minimum absolute atomic E-state index is 0.0784. The van der Waals surface area contributed by atoms with Gasteiger partial charge in [0.2, 0.25) is 0 Å². The number of nitrogen functional groups attached to an aromatic ring is 1. The molecule has 0 saturated heterocycles. The second-order valence-electron chi connectivity index (χ2n) is 4.88. The molecular formula is C15H13BrF2N2. The summed E-state index contributed by atoms with van der Waals surface area (Å²) >= 11 is 3.09. The highest BCUT2D eigenvalue weighted by Gasteiger charge is 2.22. The summed E-state index contributed by atoms with van der Waals surface area (Å²) in [7, 11) is 0. The average Bonchev–Trinajstić information content (AvgIpc) is 2.81. The monoisotopic (exact) mass is 338 g/mol. The smallest absolute Gasteiger partial charge is 0.145 e. The number of benzene rings is 2. The predicted molar refractivity (Wildman–Crippen MR) is 79.7 cm³/mol. The van der Waals surface area contributed by atoms with Crippen molar-refractivity contribution in [2.45, 2.75) is 13.0 Å². The van der Waals surface area contributed by atoms with Crippen LogP contribution in [0.1, 0.15) is 11.1 Å². The van der Waals surface area contributed by atoms with Gasteiger partial charge in [-0.25, -0.2) is 8.78 Å². The van der Waals surface area contributed by atoms with Crippen LogP contribution in [-0.2, 0) is 13.0 Å². The van der Waals surface area contributed by atoms with Crippen LogP contribution < -0.4 is 10.6 Å². The highest BCUT2D eigenvalue weighted by atomic mass is 79.9. The molecule has 0 saturated carbocycles. The minimum atomic E-state index is -0.539. The van der Waals surface area contributed by atoms with Crippen LogP contribution in [0.4, 0.5) is 20.2 Å². The Labute approximate surface area is 124 Å². The summed E-state index contributed by atoms with van der Waals surface area (Å²) in [5.74, 6) is -1.06. The molecule has 1 aliphatic rings. The van der Waals surface area contributed by atoms with E-state index in [0.29, 0.717) is 5.69 Å². The van der Waals surface area contributed by atoms with Crippen LogP contribution in [0.3, 0.4) is 0 Å². The Morgan fingerprint density at radius 2 is 2.00 bits per heavy atom. The lowest BCUT2D eigenvalue weighted by Crippen LogP contribution is -2.21. The maximum absolute atomic E-state index is 14.0. The van der Waals surface area contributed by atoms with Gasteiger partial charge < -0.3 is 10.6 Å². The molecule has 2 aromatic rings. The first-order valence-electron chi connectivity index (χ1n) is 6.32. The van der Waals surface area contributed by atoms with Crippen molar-refractivity contribution in [3.63, 3.8) is 0 Å². The van der Waals surface area contributed by atoms with Gasteiger partial charge in [0, 0.05) is 30.0 Å². The first kappa shape index (κ1) is 13.4. The first-order chi connectivity index (χ1) is 9.56. The second kappa shape index (κ2) is 5.05. The third-order valence-corrected chi connectivity index (χ3v) is 4.20. The predicted octanol–water partition coefficient (Wildman–Crippen LogP) is 3.87. The fourth-order valence-electron chi connectivity index (χ4n) is 2.53. The number of halogens is 3. The molecule has 0 unspecified atom stereocenters. The summed E-state index contributed by atoms with van der Waals surface area (Å²) < 4.78 is 28.1. The topological polar surface area (TPSA) is 29.3 Å². The summed E-state index contributed by atoms with van der Waals surface area (Å²) in [6, 6.07) is 8.33. The largest absolute Gasteiger partial charge is 0.399 e. The number of rotatable bonds is 2. The van der Waals surface area contributed by atoms with Gasteiger partial charge in [-0.2, -0.15) is 0 Å². The number of fused-ring (bicyclic) bond motifs is 1. The molecule has 2 aromatic carbocycles. The van der Waals surface area contributed by atoms with Crippen molar-refractivity contribution in [2.24, 2.45) is 0 Å². The van der Waals surface area contributed by atoms with Gasteiger partial charge in [0.25, 0.3) is 0 Å². The number of anilines is 2. The lowest BCUT2D eigenvalue weighted by molar-refractivity contribution is 0.547.